The van der Waals surface area contributed by atoms with Crippen LogP contribution in [0.15, 0.2) is 72.8 Å². The van der Waals surface area contributed by atoms with Gasteiger partial charge in [-0.15, -0.1) is 0 Å². The van der Waals surface area contributed by atoms with Crippen molar-refractivity contribution in [3.05, 3.63) is 101 Å². The number of carbonyl (C=O) groups is 6. The van der Waals surface area contributed by atoms with Gasteiger partial charge in [-0.25, -0.2) is 9.59 Å². The molecular formula is C54H73N5O8. The van der Waals surface area contributed by atoms with Gasteiger partial charge in [0, 0.05) is 31.6 Å². The number of benzene rings is 3. The molecule has 4 amide bonds. The number of hydrogen-bond donors (Lipinski definition) is 2. The van der Waals surface area contributed by atoms with Crippen LogP contribution in [-0.4, -0.2) is 96.8 Å². The van der Waals surface area contributed by atoms with Crippen LogP contribution >= 0.6 is 0 Å². The normalized spacial score (nSPS) is 20.9. The van der Waals surface area contributed by atoms with Gasteiger partial charge in [-0.1, -0.05) is 123 Å². The van der Waals surface area contributed by atoms with E-state index in [1.165, 1.54) is 19.8 Å². The van der Waals surface area contributed by atoms with Gasteiger partial charge in [0.25, 0.3) is 0 Å². The third kappa shape index (κ3) is 11.9. The van der Waals surface area contributed by atoms with Crippen LogP contribution in [0.25, 0.3) is 0 Å². The van der Waals surface area contributed by atoms with E-state index < -0.39 is 47.2 Å². The van der Waals surface area contributed by atoms with Gasteiger partial charge >= 0.3 is 12.2 Å². The number of Topliss-reactive ketones (excluding diaryl/α,β-unsaturated/α-hetero) is 2. The summed E-state index contributed by atoms with van der Waals surface area (Å²) in [5.74, 6) is -0.589. The monoisotopic (exact) mass is 920 g/mol. The Hall–Kier alpha value is -5.72. The zero-order valence-electron chi connectivity index (χ0n) is 41.6. The third-order valence-electron chi connectivity index (χ3n) is 13.8. The quantitative estimate of drug-likeness (QED) is 0.171. The van der Waals surface area contributed by atoms with E-state index in [-0.39, 0.29) is 53.7 Å². The van der Waals surface area contributed by atoms with Crippen LogP contribution in [-0.2, 0) is 46.9 Å². The Morgan fingerprint density at radius 3 is 1.25 bits per heavy atom. The van der Waals surface area contributed by atoms with Crippen molar-refractivity contribution in [2.75, 3.05) is 32.2 Å². The minimum Gasteiger partial charge on any atom is -0.453 e. The molecule has 0 spiro atoms. The Kier molecular flexibility index (Phi) is 15.6. The topological polar surface area (TPSA) is 155 Å². The summed E-state index contributed by atoms with van der Waals surface area (Å²) in [4.78, 5) is 85.5. The zero-order valence-corrected chi connectivity index (χ0v) is 41.6. The van der Waals surface area contributed by atoms with E-state index in [0.29, 0.717) is 38.8 Å². The number of anilines is 1. The number of nitrogens with zero attached hydrogens (tertiary/aromatic N) is 3. The second-order valence-electron chi connectivity index (χ2n) is 21.8. The Balaban J connectivity index is 1.18. The lowest BCUT2D eigenvalue weighted by atomic mass is 9.85. The molecule has 3 aromatic rings. The van der Waals surface area contributed by atoms with Crippen molar-refractivity contribution >= 4 is 41.3 Å². The van der Waals surface area contributed by atoms with Crippen molar-refractivity contribution < 1.29 is 38.2 Å². The van der Waals surface area contributed by atoms with Crippen LogP contribution in [0.4, 0.5) is 15.3 Å². The molecule has 3 aliphatic heterocycles. The molecule has 3 aliphatic rings. The highest BCUT2D eigenvalue weighted by Crippen LogP contribution is 2.47. The van der Waals surface area contributed by atoms with Gasteiger partial charge in [0.1, 0.15) is 12.1 Å². The number of methoxy groups -OCH3 is 2. The minimum atomic E-state index is -0.837. The van der Waals surface area contributed by atoms with E-state index in [0.717, 1.165) is 40.8 Å². The van der Waals surface area contributed by atoms with Crippen molar-refractivity contribution in [3.8, 4) is 0 Å². The molecule has 67 heavy (non-hydrogen) atoms. The number of hydrogen-bond acceptors (Lipinski definition) is 9. The number of ketones is 2. The summed E-state index contributed by atoms with van der Waals surface area (Å²) < 4.78 is 9.61. The molecule has 0 unspecified atom stereocenters. The molecule has 0 saturated carbocycles. The largest absolute Gasteiger partial charge is 0.453 e. The van der Waals surface area contributed by atoms with Crippen LogP contribution in [0, 0.1) is 10.8 Å². The summed E-state index contributed by atoms with van der Waals surface area (Å²) in [7, 11) is 2.53. The lowest BCUT2D eigenvalue weighted by Crippen LogP contribution is -2.56. The third-order valence-corrected chi connectivity index (χ3v) is 13.8. The predicted molar refractivity (Wildman–Crippen MR) is 260 cm³/mol. The van der Waals surface area contributed by atoms with Gasteiger partial charge in [-0.3, -0.25) is 19.2 Å². The number of rotatable bonds is 13. The smallest absolute Gasteiger partial charge is 0.407 e. The maximum Gasteiger partial charge on any atom is 0.407 e. The first kappa shape index (κ1) is 50.7. The molecule has 6 atom stereocenters. The summed E-state index contributed by atoms with van der Waals surface area (Å²) >= 11 is 0. The molecule has 3 saturated heterocycles. The van der Waals surface area contributed by atoms with Crippen molar-refractivity contribution in [1.29, 1.82) is 0 Å². The summed E-state index contributed by atoms with van der Waals surface area (Å²) in [6.07, 6.45) is 3.42. The van der Waals surface area contributed by atoms with Crippen molar-refractivity contribution in [2.24, 2.45) is 10.8 Å². The minimum absolute atomic E-state index is 0.00298. The van der Waals surface area contributed by atoms with E-state index in [9.17, 15) is 28.8 Å². The van der Waals surface area contributed by atoms with Crippen molar-refractivity contribution in [1.82, 2.24) is 20.4 Å². The molecule has 362 valence electrons. The fourth-order valence-corrected chi connectivity index (χ4v) is 10.0. The van der Waals surface area contributed by atoms with E-state index in [1.54, 1.807) is 9.80 Å². The summed E-state index contributed by atoms with van der Waals surface area (Å²) in [6.45, 7) is 18.8. The molecule has 13 heteroatoms. The first-order chi connectivity index (χ1) is 31.5. The van der Waals surface area contributed by atoms with Gasteiger partial charge in [-0.2, -0.15) is 0 Å². The lowest BCUT2D eigenvalue weighted by molar-refractivity contribution is -0.141. The molecule has 3 fully saturated rings. The lowest BCUT2D eigenvalue weighted by Gasteiger charge is -2.35. The number of amides is 4. The summed E-state index contributed by atoms with van der Waals surface area (Å²) in [6, 6.07) is 22.8. The van der Waals surface area contributed by atoms with Crippen LogP contribution in [0.1, 0.15) is 141 Å². The number of likely N-dealkylation sites (tertiary alicyclic amines) is 2. The number of ether oxygens (including phenoxy) is 2. The Morgan fingerprint density at radius 1 is 0.552 bits per heavy atom. The van der Waals surface area contributed by atoms with Crippen LogP contribution in [0.3, 0.4) is 0 Å². The number of alkyl carbamates (subject to hydrolysis) is 2. The van der Waals surface area contributed by atoms with Gasteiger partial charge < -0.3 is 34.8 Å². The molecule has 2 N–H and O–H groups in total. The Bertz CT molecular complexity index is 2120. The van der Waals surface area contributed by atoms with Gasteiger partial charge in [0.2, 0.25) is 11.8 Å². The van der Waals surface area contributed by atoms with Crippen LogP contribution in [0.2, 0.25) is 0 Å². The fourth-order valence-electron chi connectivity index (χ4n) is 10.0. The average Bonchev–Trinajstić information content (AvgIpc) is 4.07. The maximum absolute atomic E-state index is 13.9. The SMILES string of the molecule is COC(=O)N[C@H](C(=O)N1CCC[C@H]1C(=O)Cc1ccc([C@@H]2CC[C@@H](c3ccc(CC(=O)[C@@H]4CCCN4C(=O)[C@@H](NC(=O)OC)C(C)(C)C)cc3)N2c2ccc(C(C)(C)C)cc2)cc1)C(C)(C)C. The molecule has 0 radical (unpaired) electrons. The molecule has 0 aliphatic carbocycles. The molecule has 6 rings (SSSR count). The van der Waals surface area contributed by atoms with Gasteiger partial charge in [-0.05, 0) is 94.7 Å². The van der Waals surface area contributed by atoms with Gasteiger partial charge in [0.15, 0.2) is 11.6 Å². The summed E-state index contributed by atoms with van der Waals surface area (Å²) in [5.41, 5.74) is 5.23. The number of carbonyl (C=O) groups excluding carboxylic acids is 6. The number of nitrogens with one attached hydrogen (secondary N) is 2. The fraction of sp³-hybridized carbons (Fsp3) is 0.556. The molecule has 0 aromatic heterocycles. The highest BCUT2D eigenvalue weighted by atomic mass is 16.5. The Morgan fingerprint density at radius 2 is 0.925 bits per heavy atom. The molecule has 0 bridgehead atoms. The average molecular weight is 920 g/mol. The molecule has 3 heterocycles. The molecule has 13 nitrogen and oxygen atoms in total. The van der Waals surface area contributed by atoms with E-state index >= 15 is 0 Å². The highest BCUT2D eigenvalue weighted by molar-refractivity contribution is 5.95. The Labute approximate surface area is 397 Å². The van der Waals surface area contributed by atoms with Crippen molar-refractivity contribution in [3.63, 3.8) is 0 Å². The van der Waals surface area contributed by atoms with E-state index in [2.05, 4.69) is 84.8 Å². The predicted octanol–water partition coefficient (Wildman–Crippen LogP) is 8.81. The van der Waals surface area contributed by atoms with E-state index in [4.69, 9.17) is 9.47 Å². The van der Waals surface area contributed by atoms with Crippen LogP contribution in [0.5, 0.6) is 0 Å². The summed E-state index contributed by atoms with van der Waals surface area (Å²) in [5, 5.41) is 5.39. The van der Waals surface area contributed by atoms with Crippen molar-refractivity contribution in [2.45, 2.75) is 155 Å². The van der Waals surface area contributed by atoms with Gasteiger partial charge in [0.05, 0.1) is 38.4 Å². The zero-order chi connectivity index (χ0) is 49.0. The molecule has 3 aromatic carbocycles. The standard InChI is InChI=1S/C54H73N5O8/c1-52(2,3)38-24-26-39(27-25-38)59-40(36-20-16-34(17-21-36)32-44(60)42-14-12-30-57(42)48(62)46(53(4,5)6)55-50(64)66-10)28-29-41(59)37-22-18-35(19-23-37)33-45(61)43-15-13-31-58(43)49(63)47(54(7,8)9)56-51(65)67-11/h16-27,40-43,46-47H,12-15,28-33H2,1-11H3,(H,55,64)(H,56,65)/t40-,41-,42-,43-,46+,47+/m0/s1. The first-order valence-electron chi connectivity index (χ1n) is 23.9. The van der Waals surface area contributed by atoms with Crippen LogP contribution < -0.4 is 15.5 Å². The maximum atomic E-state index is 13.9. The second kappa shape index (κ2) is 20.7. The second-order valence-corrected chi connectivity index (χ2v) is 21.8. The highest BCUT2D eigenvalue weighted by Gasteiger charge is 2.44. The van der Waals surface area contributed by atoms with E-state index in [1.807, 2.05) is 65.8 Å². The molecular weight excluding hydrogens is 847 g/mol. The first-order valence-corrected chi connectivity index (χ1v) is 23.9.